The molecule has 0 spiro atoms. The van der Waals surface area contributed by atoms with Crippen molar-refractivity contribution in [2.24, 2.45) is 0 Å². The van der Waals surface area contributed by atoms with Gasteiger partial charge in [0.05, 0.1) is 12.2 Å². The molecular formula is C12H18ClN3O. The molecule has 0 atom stereocenters. The second-order valence-corrected chi connectivity index (χ2v) is 5.45. The van der Waals surface area contributed by atoms with E-state index >= 15 is 0 Å². The fourth-order valence-electron chi connectivity index (χ4n) is 2.06. The second kappa shape index (κ2) is 4.42. The van der Waals surface area contributed by atoms with E-state index in [0.717, 1.165) is 36.6 Å². The van der Waals surface area contributed by atoms with Gasteiger partial charge in [0.2, 0.25) is 0 Å². The Morgan fingerprint density at radius 2 is 1.94 bits per heavy atom. The number of hydrogen-bond donors (Lipinski definition) is 0. The predicted molar refractivity (Wildman–Crippen MR) is 68.8 cm³/mol. The van der Waals surface area contributed by atoms with Gasteiger partial charge in [-0.2, -0.15) is 0 Å². The number of hydrogen-bond acceptors (Lipinski definition) is 4. The summed E-state index contributed by atoms with van der Waals surface area (Å²) in [5.74, 6) is 0.920. The largest absolute Gasteiger partial charge is 0.372 e. The summed E-state index contributed by atoms with van der Waals surface area (Å²) < 4.78 is 5.69. The van der Waals surface area contributed by atoms with Crippen LogP contribution in [0.25, 0.3) is 0 Å². The van der Waals surface area contributed by atoms with E-state index in [-0.39, 0.29) is 5.60 Å². The van der Waals surface area contributed by atoms with E-state index < -0.39 is 0 Å². The molecule has 0 N–H and O–H groups in total. The van der Waals surface area contributed by atoms with Crippen molar-refractivity contribution in [2.45, 2.75) is 33.3 Å². The predicted octanol–water partition coefficient (Wildman–Crippen LogP) is 2.36. The number of morpholine rings is 1. The third kappa shape index (κ3) is 2.53. The number of nitrogens with zero attached hydrogens (tertiary/aromatic N) is 3. The van der Waals surface area contributed by atoms with E-state index in [9.17, 15) is 0 Å². The molecule has 0 amide bonds. The van der Waals surface area contributed by atoms with Crippen LogP contribution in [-0.4, -0.2) is 35.5 Å². The van der Waals surface area contributed by atoms with Crippen LogP contribution in [0.5, 0.6) is 0 Å². The molecule has 0 unspecified atom stereocenters. The van der Waals surface area contributed by atoms with Gasteiger partial charge in [-0.25, -0.2) is 0 Å². The Hall–Kier alpha value is -0.870. The van der Waals surface area contributed by atoms with Gasteiger partial charge in [0.25, 0.3) is 0 Å². The highest BCUT2D eigenvalue weighted by atomic mass is 35.5. The average molecular weight is 256 g/mol. The number of aromatic nitrogens is 2. The molecule has 0 radical (unpaired) electrons. The number of rotatable bonds is 1. The Balaban J connectivity index is 2.31. The van der Waals surface area contributed by atoms with Crippen LogP contribution < -0.4 is 4.90 Å². The van der Waals surface area contributed by atoms with E-state index in [2.05, 4.69) is 28.9 Å². The topological polar surface area (TPSA) is 38.2 Å². The molecule has 94 valence electrons. The van der Waals surface area contributed by atoms with Gasteiger partial charge in [0, 0.05) is 13.1 Å². The lowest BCUT2D eigenvalue weighted by Crippen LogP contribution is -2.49. The van der Waals surface area contributed by atoms with Gasteiger partial charge in [0.1, 0.15) is 0 Å². The van der Waals surface area contributed by atoms with Crippen molar-refractivity contribution in [1.29, 1.82) is 0 Å². The smallest absolute Gasteiger partial charge is 0.155 e. The van der Waals surface area contributed by atoms with Crippen LogP contribution in [0.2, 0.25) is 5.15 Å². The Kier molecular flexibility index (Phi) is 3.27. The van der Waals surface area contributed by atoms with Gasteiger partial charge in [0.15, 0.2) is 11.0 Å². The van der Waals surface area contributed by atoms with Crippen molar-refractivity contribution < 1.29 is 4.74 Å². The first-order valence-electron chi connectivity index (χ1n) is 5.79. The fraction of sp³-hybridized carbons (Fsp3) is 0.667. The molecule has 17 heavy (non-hydrogen) atoms. The highest BCUT2D eigenvalue weighted by Crippen LogP contribution is 2.27. The first kappa shape index (κ1) is 12.6. The maximum Gasteiger partial charge on any atom is 0.155 e. The van der Waals surface area contributed by atoms with Crippen LogP contribution in [0.3, 0.4) is 0 Å². The van der Waals surface area contributed by atoms with Crippen molar-refractivity contribution in [2.75, 3.05) is 24.6 Å². The van der Waals surface area contributed by atoms with E-state index in [1.807, 2.05) is 13.8 Å². The molecule has 1 fully saturated rings. The first-order chi connectivity index (χ1) is 7.91. The zero-order chi connectivity index (χ0) is 12.6. The van der Waals surface area contributed by atoms with Crippen LogP contribution >= 0.6 is 11.6 Å². The van der Waals surface area contributed by atoms with Crippen molar-refractivity contribution in [1.82, 2.24) is 10.2 Å². The molecule has 2 rings (SSSR count). The fourth-order valence-corrected chi connectivity index (χ4v) is 2.24. The molecule has 4 nitrogen and oxygen atoms in total. The van der Waals surface area contributed by atoms with E-state index in [1.165, 1.54) is 0 Å². The molecule has 2 heterocycles. The van der Waals surface area contributed by atoms with Crippen LogP contribution in [0.1, 0.15) is 25.0 Å². The molecule has 1 aliphatic rings. The molecule has 0 saturated carbocycles. The summed E-state index contributed by atoms with van der Waals surface area (Å²) >= 11 is 5.96. The van der Waals surface area contributed by atoms with E-state index in [1.54, 1.807) is 0 Å². The third-order valence-electron chi connectivity index (χ3n) is 3.17. The van der Waals surface area contributed by atoms with Crippen LogP contribution in [0.4, 0.5) is 5.82 Å². The van der Waals surface area contributed by atoms with Crippen molar-refractivity contribution in [3.63, 3.8) is 0 Å². The van der Waals surface area contributed by atoms with Crippen molar-refractivity contribution >= 4 is 17.4 Å². The maximum absolute atomic E-state index is 5.96. The zero-order valence-electron chi connectivity index (χ0n) is 10.7. The summed E-state index contributed by atoms with van der Waals surface area (Å²) in [6.45, 7) is 10.6. The van der Waals surface area contributed by atoms with Crippen molar-refractivity contribution in [3.8, 4) is 0 Å². The molecule has 1 aliphatic heterocycles. The minimum absolute atomic E-state index is 0.139. The lowest BCUT2D eigenvalue weighted by Gasteiger charge is -2.39. The second-order valence-electron chi connectivity index (χ2n) is 5.09. The molecule has 1 aromatic rings. The lowest BCUT2D eigenvalue weighted by atomic mass is 10.1. The summed E-state index contributed by atoms with van der Waals surface area (Å²) in [5.41, 5.74) is 1.96. The highest BCUT2D eigenvalue weighted by molar-refractivity contribution is 6.30. The minimum atomic E-state index is -0.139. The number of ether oxygens (including phenoxy) is 1. The van der Waals surface area contributed by atoms with Crippen LogP contribution in [-0.2, 0) is 4.74 Å². The Bertz CT molecular complexity index is 434. The van der Waals surface area contributed by atoms with Gasteiger partial charge in [-0.15, -0.1) is 10.2 Å². The zero-order valence-corrected chi connectivity index (χ0v) is 11.5. The monoisotopic (exact) mass is 255 g/mol. The standard InChI is InChI=1S/C12H18ClN3O/c1-8-9(2)11(15-14-10(8)13)16-5-6-17-12(3,4)7-16/h5-7H2,1-4H3. The Labute approximate surface area is 107 Å². The van der Waals surface area contributed by atoms with E-state index in [0.29, 0.717) is 5.15 Å². The summed E-state index contributed by atoms with van der Waals surface area (Å²) in [4.78, 5) is 2.22. The molecule has 0 bridgehead atoms. The van der Waals surface area contributed by atoms with Crippen LogP contribution in [0.15, 0.2) is 0 Å². The summed E-state index contributed by atoms with van der Waals surface area (Å²) in [7, 11) is 0. The maximum atomic E-state index is 5.96. The number of halogens is 1. The normalized spacial score (nSPS) is 19.5. The van der Waals surface area contributed by atoms with Crippen LogP contribution in [0, 0.1) is 13.8 Å². The van der Waals surface area contributed by atoms with Gasteiger partial charge in [-0.3, -0.25) is 0 Å². The van der Waals surface area contributed by atoms with Gasteiger partial charge < -0.3 is 9.64 Å². The van der Waals surface area contributed by atoms with Crippen molar-refractivity contribution in [3.05, 3.63) is 16.3 Å². The summed E-state index contributed by atoms with van der Waals surface area (Å²) in [5, 5.41) is 8.70. The SMILES string of the molecule is Cc1c(Cl)nnc(N2CCOC(C)(C)C2)c1C. The lowest BCUT2D eigenvalue weighted by molar-refractivity contribution is -0.0279. The van der Waals surface area contributed by atoms with Gasteiger partial charge in [-0.05, 0) is 38.8 Å². The quantitative estimate of drug-likeness (QED) is 0.772. The molecule has 5 heteroatoms. The first-order valence-corrected chi connectivity index (χ1v) is 6.17. The van der Waals surface area contributed by atoms with Gasteiger partial charge >= 0.3 is 0 Å². The molecule has 1 saturated heterocycles. The summed E-state index contributed by atoms with van der Waals surface area (Å²) in [6, 6.07) is 0. The average Bonchev–Trinajstić information content (AvgIpc) is 2.25. The highest BCUT2D eigenvalue weighted by Gasteiger charge is 2.29. The summed E-state index contributed by atoms with van der Waals surface area (Å²) in [6.07, 6.45) is 0. The Morgan fingerprint density at radius 1 is 1.24 bits per heavy atom. The number of anilines is 1. The Morgan fingerprint density at radius 3 is 2.59 bits per heavy atom. The molecule has 0 aromatic carbocycles. The molecular weight excluding hydrogens is 238 g/mol. The molecule has 1 aromatic heterocycles. The van der Waals surface area contributed by atoms with E-state index in [4.69, 9.17) is 16.3 Å². The van der Waals surface area contributed by atoms with Gasteiger partial charge in [-0.1, -0.05) is 11.6 Å². The molecule has 0 aliphatic carbocycles. The third-order valence-corrected chi connectivity index (χ3v) is 3.52. The minimum Gasteiger partial charge on any atom is -0.372 e.